The molecule has 0 atom stereocenters. The lowest BCUT2D eigenvalue weighted by Crippen LogP contribution is -2.34. The first-order valence-electron chi connectivity index (χ1n) is 8.81. The van der Waals surface area contributed by atoms with Crippen molar-refractivity contribution in [2.45, 2.75) is 6.42 Å². The number of nitrogens with one attached hydrogen (secondary N) is 3. The predicted molar refractivity (Wildman–Crippen MR) is 123 cm³/mol. The van der Waals surface area contributed by atoms with Gasteiger partial charge in [0, 0.05) is 21.4 Å². The number of rotatable bonds is 5. The van der Waals surface area contributed by atoms with E-state index >= 15 is 0 Å². The van der Waals surface area contributed by atoms with Crippen LogP contribution in [0.5, 0.6) is 0 Å². The number of anilines is 2. The molecule has 0 aliphatic heterocycles. The van der Waals surface area contributed by atoms with Crippen LogP contribution in [0.3, 0.4) is 0 Å². The fourth-order valence-electron chi connectivity index (χ4n) is 2.60. The quantitative estimate of drug-likeness (QED) is 0.473. The topological polar surface area (TPSA) is 70.2 Å². The largest absolute Gasteiger partial charge is 0.332 e. The number of carbonyl (C=O) groups excluding carboxylic acids is 2. The number of carbonyl (C=O) groups is 2. The van der Waals surface area contributed by atoms with Crippen LogP contribution in [0, 0.1) is 0 Å². The Morgan fingerprint density at radius 2 is 1.48 bits per heavy atom. The van der Waals surface area contributed by atoms with Crippen LogP contribution in [0.25, 0.3) is 0 Å². The van der Waals surface area contributed by atoms with E-state index in [1.54, 1.807) is 48.5 Å². The third-order valence-electron chi connectivity index (χ3n) is 3.95. The Labute approximate surface area is 182 Å². The lowest BCUT2D eigenvalue weighted by molar-refractivity contribution is -0.115. The summed E-state index contributed by atoms with van der Waals surface area (Å²) in [5.74, 6) is -0.415. The van der Waals surface area contributed by atoms with Crippen molar-refractivity contribution < 1.29 is 9.59 Å². The molecule has 2 amide bonds. The first kappa shape index (κ1) is 20.7. The molecule has 0 aliphatic rings. The fourth-order valence-corrected chi connectivity index (χ4v) is 3.07. The standard InChI is InChI=1S/C22H18BrN3O2S/c23-17-11-9-16(10-12-17)21(28)26-22(29)25-19-8-4-7-18(14-19)24-20(27)13-15-5-2-1-3-6-15/h1-12,14H,13H2,(H,24,27)(H2,25,26,28,29). The Morgan fingerprint density at radius 3 is 2.17 bits per heavy atom. The smallest absolute Gasteiger partial charge is 0.257 e. The number of halogens is 1. The van der Waals surface area contributed by atoms with Crippen LogP contribution in [0.1, 0.15) is 15.9 Å². The van der Waals surface area contributed by atoms with Gasteiger partial charge in [0.15, 0.2) is 5.11 Å². The lowest BCUT2D eigenvalue weighted by Gasteiger charge is -2.11. The molecule has 0 saturated carbocycles. The van der Waals surface area contributed by atoms with Gasteiger partial charge in [-0.1, -0.05) is 52.3 Å². The summed E-state index contributed by atoms with van der Waals surface area (Å²) in [6.07, 6.45) is 0.292. The van der Waals surface area contributed by atoms with E-state index in [0.717, 1.165) is 10.0 Å². The third-order valence-corrected chi connectivity index (χ3v) is 4.68. The molecule has 29 heavy (non-hydrogen) atoms. The molecule has 0 aromatic heterocycles. The molecule has 3 aromatic rings. The van der Waals surface area contributed by atoms with Crippen molar-refractivity contribution in [3.63, 3.8) is 0 Å². The van der Waals surface area contributed by atoms with E-state index in [2.05, 4.69) is 31.9 Å². The molecule has 0 heterocycles. The summed E-state index contributed by atoms with van der Waals surface area (Å²) in [5.41, 5.74) is 2.73. The number of hydrogen-bond donors (Lipinski definition) is 3. The highest BCUT2D eigenvalue weighted by Crippen LogP contribution is 2.16. The Balaban J connectivity index is 1.56. The number of thiocarbonyl (C=S) groups is 1. The van der Waals surface area contributed by atoms with Gasteiger partial charge in [-0.25, -0.2) is 0 Å². The Hall–Kier alpha value is -3.03. The average Bonchev–Trinajstić information content (AvgIpc) is 2.69. The molecule has 3 aromatic carbocycles. The second kappa shape index (κ2) is 9.95. The van der Waals surface area contributed by atoms with Crippen molar-refractivity contribution in [3.8, 4) is 0 Å². The average molecular weight is 468 g/mol. The minimum Gasteiger partial charge on any atom is -0.332 e. The zero-order chi connectivity index (χ0) is 20.6. The molecule has 3 rings (SSSR count). The molecule has 7 heteroatoms. The van der Waals surface area contributed by atoms with Crippen molar-refractivity contribution in [3.05, 3.63) is 94.5 Å². The van der Waals surface area contributed by atoms with E-state index in [-0.39, 0.29) is 16.9 Å². The van der Waals surface area contributed by atoms with Crippen molar-refractivity contribution in [2.75, 3.05) is 10.6 Å². The minimum atomic E-state index is -0.303. The van der Waals surface area contributed by atoms with Crippen LogP contribution >= 0.6 is 28.1 Å². The third kappa shape index (κ3) is 6.51. The Kier molecular flexibility index (Phi) is 7.10. The van der Waals surface area contributed by atoms with E-state index in [1.165, 1.54) is 0 Å². The van der Waals surface area contributed by atoms with Crippen LogP contribution in [-0.2, 0) is 11.2 Å². The van der Waals surface area contributed by atoms with Crippen molar-refractivity contribution in [1.29, 1.82) is 0 Å². The molecule has 0 spiro atoms. The van der Waals surface area contributed by atoms with Crippen LogP contribution in [0.2, 0.25) is 0 Å². The monoisotopic (exact) mass is 467 g/mol. The van der Waals surface area contributed by atoms with E-state index in [1.807, 2.05) is 30.3 Å². The van der Waals surface area contributed by atoms with E-state index in [4.69, 9.17) is 12.2 Å². The van der Waals surface area contributed by atoms with Crippen LogP contribution in [0.4, 0.5) is 11.4 Å². The summed E-state index contributed by atoms with van der Waals surface area (Å²) in [4.78, 5) is 24.5. The zero-order valence-electron chi connectivity index (χ0n) is 15.3. The molecule has 146 valence electrons. The second-order valence-corrected chi connectivity index (χ2v) is 7.53. The highest BCUT2D eigenvalue weighted by atomic mass is 79.9. The summed E-state index contributed by atoms with van der Waals surface area (Å²) >= 11 is 8.55. The molecule has 0 unspecified atom stereocenters. The van der Waals surface area contributed by atoms with Crippen LogP contribution in [0.15, 0.2) is 83.3 Å². The predicted octanol–water partition coefficient (Wildman–Crippen LogP) is 4.76. The summed E-state index contributed by atoms with van der Waals surface area (Å²) < 4.78 is 0.890. The molecule has 3 N–H and O–H groups in total. The first-order valence-corrected chi connectivity index (χ1v) is 10.0. The van der Waals surface area contributed by atoms with Crippen molar-refractivity contribution in [1.82, 2.24) is 5.32 Å². The molecule has 0 saturated heterocycles. The van der Waals surface area contributed by atoms with Gasteiger partial charge in [0.1, 0.15) is 0 Å². The second-order valence-electron chi connectivity index (χ2n) is 6.21. The van der Waals surface area contributed by atoms with Crippen LogP contribution in [-0.4, -0.2) is 16.9 Å². The molecule has 0 aliphatic carbocycles. The number of amides is 2. The van der Waals surface area contributed by atoms with Gasteiger partial charge in [-0.05, 0) is 60.2 Å². The number of benzene rings is 3. The molecule has 0 fully saturated rings. The minimum absolute atomic E-state index is 0.112. The van der Waals surface area contributed by atoms with E-state index in [9.17, 15) is 9.59 Å². The van der Waals surface area contributed by atoms with Gasteiger partial charge in [-0.3, -0.25) is 14.9 Å². The first-order chi connectivity index (χ1) is 14.0. The Bertz CT molecular complexity index is 1020. The van der Waals surface area contributed by atoms with Gasteiger partial charge in [0.25, 0.3) is 5.91 Å². The van der Waals surface area contributed by atoms with Gasteiger partial charge in [0.05, 0.1) is 6.42 Å². The molecule has 5 nitrogen and oxygen atoms in total. The van der Waals surface area contributed by atoms with Gasteiger partial charge >= 0.3 is 0 Å². The molecule has 0 radical (unpaired) electrons. The molecular formula is C22H18BrN3O2S. The van der Waals surface area contributed by atoms with Crippen molar-refractivity contribution >= 4 is 56.4 Å². The van der Waals surface area contributed by atoms with Gasteiger partial charge in [-0.2, -0.15) is 0 Å². The highest BCUT2D eigenvalue weighted by Gasteiger charge is 2.09. The maximum atomic E-state index is 12.2. The fraction of sp³-hybridized carbons (Fsp3) is 0.0455. The summed E-state index contributed by atoms with van der Waals surface area (Å²) in [7, 11) is 0. The summed E-state index contributed by atoms with van der Waals surface area (Å²) in [6, 6.07) is 23.6. The lowest BCUT2D eigenvalue weighted by atomic mass is 10.1. The summed E-state index contributed by atoms with van der Waals surface area (Å²) in [5, 5.41) is 8.63. The maximum Gasteiger partial charge on any atom is 0.257 e. The van der Waals surface area contributed by atoms with Gasteiger partial charge in [-0.15, -0.1) is 0 Å². The SMILES string of the molecule is O=C(Cc1ccccc1)Nc1cccc(NC(=S)NC(=O)c2ccc(Br)cc2)c1. The molecule has 0 bridgehead atoms. The molecular weight excluding hydrogens is 450 g/mol. The van der Waals surface area contributed by atoms with Gasteiger partial charge < -0.3 is 10.6 Å². The summed E-state index contributed by atoms with van der Waals surface area (Å²) in [6.45, 7) is 0. The number of hydrogen-bond acceptors (Lipinski definition) is 3. The zero-order valence-corrected chi connectivity index (χ0v) is 17.7. The van der Waals surface area contributed by atoms with Crippen molar-refractivity contribution in [2.24, 2.45) is 0 Å². The van der Waals surface area contributed by atoms with E-state index < -0.39 is 0 Å². The van der Waals surface area contributed by atoms with Crippen LogP contribution < -0.4 is 16.0 Å². The highest BCUT2D eigenvalue weighted by molar-refractivity contribution is 9.10. The Morgan fingerprint density at radius 1 is 0.828 bits per heavy atom. The van der Waals surface area contributed by atoms with Gasteiger partial charge in [0.2, 0.25) is 5.91 Å². The van der Waals surface area contributed by atoms with E-state index in [0.29, 0.717) is 23.4 Å². The maximum absolute atomic E-state index is 12.2. The normalized spacial score (nSPS) is 10.1.